The maximum atomic E-state index is 12.5. The fourth-order valence-corrected chi connectivity index (χ4v) is 4.08. The minimum absolute atomic E-state index is 0.0822. The van der Waals surface area contributed by atoms with Crippen LogP contribution in [0.15, 0.2) is 54.8 Å². The summed E-state index contributed by atoms with van der Waals surface area (Å²) in [6.07, 6.45) is 7.34. The SMILES string of the molecule is CCCCCCC(=O)[C@@H]1C[C@H]1c1cccc(OCc2ccccc2/C(=C\OC)C(=O)O)c1. The molecule has 1 N–H and O–H groups in total. The second-order valence-electron chi connectivity index (χ2n) is 8.32. The van der Waals surface area contributed by atoms with E-state index in [-0.39, 0.29) is 24.0 Å². The number of carbonyl (C=O) groups is 2. The van der Waals surface area contributed by atoms with Crippen molar-refractivity contribution >= 4 is 17.3 Å². The number of unbranched alkanes of at least 4 members (excludes halogenated alkanes) is 3. The lowest BCUT2D eigenvalue weighted by Gasteiger charge is -2.12. The first-order valence-corrected chi connectivity index (χ1v) is 11.3. The van der Waals surface area contributed by atoms with Crippen molar-refractivity contribution in [3.05, 3.63) is 71.5 Å². The lowest BCUT2D eigenvalue weighted by molar-refractivity contribution is -0.130. The van der Waals surface area contributed by atoms with E-state index in [0.717, 1.165) is 30.4 Å². The highest BCUT2D eigenvalue weighted by Gasteiger charge is 2.43. The predicted molar refractivity (Wildman–Crippen MR) is 124 cm³/mol. The molecule has 2 atom stereocenters. The van der Waals surface area contributed by atoms with Crippen LogP contribution in [0, 0.1) is 5.92 Å². The highest BCUT2D eigenvalue weighted by molar-refractivity contribution is 6.15. The number of rotatable bonds is 13. The molecule has 0 saturated heterocycles. The summed E-state index contributed by atoms with van der Waals surface area (Å²) in [4.78, 5) is 24.1. The summed E-state index contributed by atoms with van der Waals surface area (Å²) < 4.78 is 10.9. The van der Waals surface area contributed by atoms with E-state index in [1.54, 1.807) is 12.1 Å². The number of carboxylic acids is 1. The third-order valence-electron chi connectivity index (χ3n) is 5.93. The van der Waals surface area contributed by atoms with Gasteiger partial charge in [-0.05, 0) is 47.6 Å². The van der Waals surface area contributed by atoms with Crippen LogP contribution in [0.3, 0.4) is 0 Å². The largest absolute Gasteiger partial charge is 0.503 e. The third-order valence-corrected chi connectivity index (χ3v) is 5.93. The minimum Gasteiger partial charge on any atom is -0.503 e. The molecule has 5 nitrogen and oxygen atoms in total. The summed E-state index contributed by atoms with van der Waals surface area (Å²) in [6.45, 7) is 2.41. The minimum atomic E-state index is -1.06. The summed E-state index contributed by atoms with van der Waals surface area (Å²) >= 11 is 0. The van der Waals surface area contributed by atoms with E-state index in [0.29, 0.717) is 23.5 Å². The summed E-state index contributed by atoms with van der Waals surface area (Å²) in [5, 5.41) is 9.51. The molecule has 1 aliphatic carbocycles. The molecule has 0 aromatic heterocycles. The molecule has 32 heavy (non-hydrogen) atoms. The van der Waals surface area contributed by atoms with Gasteiger partial charge in [0.1, 0.15) is 23.7 Å². The number of benzene rings is 2. The highest BCUT2D eigenvalue weighted by Crippen LogP contribution is 2.49. The molecule has 0 amide bonds. The van der Waals surface area contributed by atoms with Crippen molar-refractivity contribution in [2.75, 3.05) is 7.11 Å². The molecular formula is C27H32O5. The molecule has 0 unspecified atom stereocenters. The fraction of sp³-hybridized carbons (Fsp3) is 0.407. The first kappa shape index (κ1) is 23.6. The van der Waals surface area contributed by atoms with E-state index in [1.807, 2.05) is 30.3 Å². The van der Waals surface area contributed by atoms with Gasteiger partial charge in [-0.15, -0.1) is 0 Å². The van der Waals surface area contributed by atoms with Crippen LogP contribution < -0.4 is 4.74 Å². The molecule has 1 fully saturated rings. The second kappa shape index (κ2) is 11.5. The molecule has 0 spiro atoms. The van der Waals surface area contributed by atoms with E-state index in [2.05, 4.69) is 13.0 Å². The second-order valence-corrected chi connectivity index (χ2v) is 8.32. The van der Waals surface area contributed by atoms with Crippen LogP contribution in [-0.2, 0) is 20.9 Å². The summed E-state index contributed by atoms with van der Waals surface area (Å²) in [5.74, 6) is 0.474. The Bertz CT molecular complexity index is 962. The number of Topliss-reactive ketones (excluding diaryl/α,β-unsaturated/α-hetero) is 1. The molecule has 1 aliphatic rings. The van der Waals surface area contributed by atoms with Crippen molar-refractivity contribution in [3.63, 3.8) is 0 Å². The van der Waals surface area contributed by atoms with Crippen molar-refractivity contribution in [3.8, 4) is 5.75 Å². The van der Waals surface area contributed by atoms with Crippen LogP contribution in [-0.4, -0.2) is 24.0 Å². The molecule has 5 heteroatoms. The average Bonchev–Trinajstić information content (AvgIpc) is 3.60. The zero-order chi connectivity index (χ0) is 22.9. The summed E-state index contributed by atoms with van der Waals surface area (Å²) in [7, 11) is 1.43. The van der Waals surface area contributed by atoms with Gasteiger partial charge in [0.05, 0.1) is 13.4 Å². The van der Waals surface area contributed by atoms with Gasteiger partial charge >= 0.3 is 5.97 Å². The van der Waals surface area contributed by atoms with E-state index in [4.69, 9.17) is 9.47 Å². The van der Waals surface area contributed by atoms with Crippen molar-refractivity contribution in [1.82, 2.24) is 0 Å². The average molecular weight is 437 g/mol. The van der Waals surface area contributed by atoms with Gasteiger partial charge in [-0.2, -0.15) is 0 Å². The molecule has 1 saturated carbocycles. The Labute approximate surface area is 190 Å². The Morgan fingerprint density at radius 2 is 1.91 bits per heavy atom. The number of methoxy groups -OCH3 is 1. The van der Waals surface area contributed by atoms with E-state index >= 15 is 0 Å². The van der Waals surface area contributed by atoms with Gasteiger partial charge < -0.3 is 14.6 Å². The molecule has 0 radical (unpaired) electrons. The van der Waals surface area contributed by atoms with E-state index < -0.39 is 5.97 Å². The zero-order valence-corrected chi connectivity index (χ0v) is 18.9. The molecule has 170 valence electrons. The predicted octanol–water partition coefficient (Wildman–Crippen LogP) is 5.98. The number of carbonyl (C=O) groups excluding carboxylic acids is 1. The fourth-order valence-electron chi connectivity index (χ4n) is 4.08. The monoisotopic (exact) mass is 436 g/mol. The van der Waals surface area contributed by atoms with Gasteiger partial charge in [0.2, 0.25) is 0 Å². The Balaban J connectivity index is 1.62. The van der Waals surface area contributed by atoms with Gasteiger partial charge in [-0.3, -0.25) is 4.79 Å². The van der Waals surface area contributed by atoms with Crippen LogP contribution in [0.1, 0.15) is 68.1 Å². The zero-order valence-electron chi connectivity index (χ0n) is 18.9. The van der Waals surface area contributed by atoms with Gasteiger partial charge in [0.15, 0.2) is 0 Å². The van der Waals surface area contributed by atoms with Crippen LogP contribution in [0.4, 0.5) is 0 Å². The van der Waals surface area contributed by atoms with Crippen molar-refractivity contribution in [2.24, 2.45) is 5.92 Å². The van der Waals surface area contributed by atoms with Crippen LogP contribution >= 0.6 is 0 Å². The van der Waals surface area contributed by atoms with Crippen molar-refractivity contribution in [2.45, 2.75) is 58.0 Å². The Kier molecular flexibility index (Phi) is 8.48. The van der Waals surface area contributed by atoms with Gasteiger partial charge in [0.25, 0.3) is 0 Å². The number of ether oxygens (including phenoxy) is 2. The first-order chi connectivity index (χ1) is 15.5. The molecule has 2 aromatic rings. The number of hydrogen-bond acceptors (Lipinski definition) is 4. The van der Waals surface area contributed by atoms with Crippen molar-refractivity contribution < 1.29 is 24.2 Å². The topological polar surface area (TPSA) is 72.8 Å². The van der Waals surface area contributed by atoms with Gasteiger partial charge in [-0.1, -0.05) is 62.6 Å². The Morgan fingerprint density at radius 3 is 2.66 bits per heavy atom. The molecular weight excluding hydrogens is 404 g/mol. The van der Waals surface area contributed by atoms with Crippen LogP contribution in [0.25, 0.3) is 5.57 Å². The number of aliphatic carboxylic acids is 1. The smallest absolute Gasteiger partial charge is 0.339 e. The Morgan fingerprint density at radius 1 is 1.09 bits per heavy atom. The third kappa shape index (κ3) is 6.22. The van der Waals surface area contributed by atoms with E-state index in [1.165, 1.54) is 26.2 Å². The molecule has 0 aliphatic heterocycles. The number of carboxylic acid groups (broad SMARTS) is 1. The van der Waals surface area contributed by atoms with Gasteiger partial charge in [-0.25, -0.2) is 4.79 Å². The maximum Gasteiger partial charge on any atom is 0.339 e. The summed E-state index contributed by atoms with van der Waals surface area (Å²) in [6, 6.07) is 15.1. The lowest BCUT2D eigenvalue weighted by Crippen LogP contribution is -2.06. The lowest BCUT2D eigenvalue weighted by atomic mass is 10.0. The standard InChI is InChI=1S/C27H32O5/c1-3-4-5-6-14-26(28)24-16-23(24)19-11-9-12-21(15-19)32-17-20-10-7-8-13-22(20)25(18-31-2)27(29)30/h7-13,15,18,23-24H,3-6,14,16-17H2,1-2H3,(H,29,30)/b25-18+/t23-,24+/m0/s1. The van der Waals surface area contributed by atoms with Gasteiger partial charge in [0, 0.05) is 12.3 Å². The Hall–Kier alpha value is -3.08. The van der Waals surface area contributed by atoms with Crippen LogP contribution in [0.5, 0.6) is 5.75 Å². The number of ketones is 1. The maximum absolute atomic E-state index is 12.5. The molecule has 0 heterocycles. The summed E-state index contributed by atoms with van der Waals surface area (Å²) in [5.41, 5.74) is 2.54. The molecule has 3 rings (SSSR count). The number of hydrogen-bond donors (Lipinski definition) is 1. The van der Waals surface area contributed by atoms with Crippen LogP contribution in [0.2, 0.25) is 0 Å². The first-order valence-electron chi connectivity index (χ1n) is 11.3. The molecule has 2 aromatic carbocycles. The normalized spacial score (nSPS) is 17.6. The van der Waals surface area contributed by atoms with Crippen molar-refractivity contribution in [1.29, 1.82) is 0 Å². The van der Waals surface area contributed by atoms with E-state index in [9.17, 15) is 14.7 Å². The highest BCUT2D eigenvalue weighted by atomic mass is 16.5. The molecule has 0 bridgehead atoms. The quantitative estimate of drug-likeness (QED) is 0.237.